The number of hydrogen-bond acceptors (Lipinski definition) is 2. The van der Waals surface area contributed by atoms with Crippen LogP contribution < -0.4 is 10.5 Å². The zero-order valence-electron chi connectivity index (χ0n) is 9.94. The highest BCUT2D eigenvalue weighted by atomic mass is 19.3. The van der Waals surface area contributed by atoms with Crippen molar-refractivity contribution in [3.63, 3.8) is 0 Å². The molecule has 0 saturated heterocycles. The van der Waals surface area contributed by atoms with Crippen molar-refractivity contribution in [1.29, 1.82) is 0 Å². The molecular formula is C15H11F2NO. The first-order valence-corrected chi connectivity index (χ1v) is 5.56. The van der Waals surface area contributed by atoms with Crippen molar-refractivity contribution < 1.29 is 13.5 Å². The van der Waals surface area contributed by atoms with Gasteiger partial charge in [-0.05, 0) is 42.5 Å². The van der Waals surface area contributed by atoms with E-state index in [0.29, 0.717) is 11.3 Å². The maximum absolute atomic E-state index is 12.0. The van der Waals surface area contributed by atoms with Crippen LogP contribution in [-0.4, -0.2) is 6.61 Å². The van der Waals surface area contributed by atoms with E-state index in [2.05, 4.69) is 16.6 Å². The maximum atomic E-state index is 12.0. The smallest absolute Gasteiger partial charge is 0.387 e. The molecule has 2 rings (SSSR count). The number of halogens is 2. The van der Waals surface area contributed by atoms with Gasteiger partial charge in [-0.15, -0.1) is 0 Å². The third kappa shape index (κ3) is 4.00. The van der Waals surface area contributed by atoms with Crippen LogP contribution in [0.25, 0.3) is 0 Å². The standard InChI is InChI=1S/C15H11F2NO/c16-15(17)19-14-8-6-11(7-9-14)4-5-12-2-1-3-13(18)10-12/h1-3,6-10,15H,18H2. The van der Waals surface area contributed by atoms with Gasteiger partial charge in [-0.1, -0.05) is 17.9 Å². The van der Waals surface area contributed by atoms with E-state index in [0.717, 1.165) is 5.56 Å². The molecule has 0 heterocycles. The third-order valence-electron chi connectivity index (χ3n) is 2.32. The predicted molar refractivity (Wildman–Crippen MR) is 69.9 cm³/mol. The number of benzene rings is 2. The molecule has 0 saturated carbocycles. The maximum Gasteiger partial charge on any atom is 0.387 e. The molecule has 2 aromatic carbocycles. The summed E-state index contributed by atoms with van der Waals surface area (Å²) < 4.78 is 28.2. The van der Waals surface area contributed by atoms with Crippen LogP contribution in [0, 0.1) is 11.8 Å². The lowest BCUT2D eigenvalue weighted by atomic mass is 10.1. The van der Waals surface area contributed by atoms with Gasteiger partial charge < -0.3 is 10.5 Å². The van der Waals surface area contributed by atoms with Gasteiger partial charge in [0.1, 0.15) is 5.75 Å². The van der Waals surface area contributed by atoms with E-state index in [1.807, 2.05) is 12.1 Å². The Morgan fingerprint density at radius 2 is 1.63 bits per heavy atom. The Bertz CT molecular complexity index is 612. The van der Waals surface area contributed by atoms with Gasteiger partial charge in [-0.3, -0.25) is 0 Å². The normalized spacial score (nSPS) is 9.84. The summed E-state index contributed by atoms with van der Waals surface area (Å²) in [5, 5.41) is 0. The second kappa shape index (κ2) is 5.87. The van der Waals surface area contributed by atoms with Crippen LogP contribution in [0.2, 0.25) is 0 Å². The molecule has 0 spiro atoms. The summed E-state index contributed by atoms with van der Waals surface area (Å²) in [6, 6.07) is 13.4. The Hall–Kier alpha value is -2.54. The lowest BCUT2D eigenvalue weighted by Crippen LogP contribution is -2.01. The number of hydrogen-bond donors (Lipinski definition) is 1. The van der Waals surface area contributed by atoms with Crippen LogP contribution >= 0.6 is 0 Å². The fraction of sp³-hybridized carbons (Fsp3) is 0.0667. The summed E-state index contributed by atoms with van der Waals surface area (Å²) in [5.74, 6) is 5.98. The lowest BCUT2D eigenvalue weighted by molar-refractivity contribution is -0.0498. The van der Waals surface area contributed by atoms with Crippen molar-refractivity contribution in [2.75, 3.05) is 5.73 Å². The largest absolute Gasteiger partial charge is 0.435 e. The average Bonchev–Trinajstić information content (AvgIpc) is 2.37. The molecule has 0 atom stereocenters. The summed E-state index contributed by atoms with van der Waals surface area (Å²) in [6.07, 6.45) is 0. The predicted octanol–water partition coefficient (Wildman–Crippen LogP) is 3.27. The molecule has 0 unspecified atom stereocenters. The Balaban J connectivity index is 2.12. The highest BCUT2D eigenvalue weighted by Gasteiger charge is 2.02. The second-order valence-corrected chi connectivity index (χ2v) is 3.78. The van der Waals surface area contributed by atoms with E-state index in [-0.39, 0.29) is 5.75 Å². The van der Waals surface area contributed by atoms with Crippen LogP contribution in [0.4, 0.5) is 14.5 Å². The number of anilines is 1. The number of nitrogens with two attached hydrogens (primary N) is 1. The van der Waals surface area contributed by atoms with Crippen molar-refractivity contribution in [3.8, 4) is 17.6 Å². The molecule has 19 heavy (non-hydrogen) atoms. The van der Waals surface area contributed by atoms with E-state index in [4.69, 9.17) is 5.73 Å². The van der Waals surface area contributed by atoms with Crippen molar-refractivity contribution >= 4 is 5.69 Å². The Labute approximate surface area is 109 Å². The number of nitrogen functional groups attached to an aromatic ring is 1. The van der Waals surface area contributed by atoms with Gasteiger partial charge in [0.25, 0.3) is 0 Å². The Kier molecular flexibility index (Phi) is 3.99. The van der Waals surface area contributed by atoms with Crippen molar-refractivity contribution in [2.45, 2.75) is 6.61 Å². The van der Waals surface area contributed by atoms with Crippen LogP contribution in [0.3, 0.4) is 0 Å². The van der Waals surface area contributed by atoms with Crippen molar-refractivity contribution in [1.82, 2.24) is 0 Å². The third-order valence-corrected chi connectivity index (χ3v) is 2.32. The molecule has 96 valence electrons. The van der Waals surface area contributed by atoms with Crippen LogP contribution in [0.5, 0.6) is 5.75 Å². The fourth-order valence-electron chi connectivity index (χ4n) is 1.48. The van der Waals surface area contributed by atoms with Crippen LogP contribution in [0.15, 0.2) is 48.5 Å². The van der Waals surface area contributed by atoms with Gasteiger partial charge in [0.2, 0.25) is 0 Å². The van der Waals surface area contributed by atoms with Gasteiger partial charge >= 0.3 is 6.61 Å². The summed E-state index contributed by atoms with van der Waals surface area (Å²) >= 11 is 0. The lowest BCUT2D eigenvalue weighted by Gasteiger charge is -2.03. The van der Waals surface area contributed by atoms with E-state index in [9.17, 15) is 8.78 Å². The minimum atomic E-state index is -2.82. The molecule has 4 heteroatoms. The highest BCUT2D eigenvalue weighted by molar-refractivity contribution is 5.50. The van der Waals surface area contributed by atoms with E-state index in [1.165, 1.54) is 12.1 Å². The molecule has 0 aliphatic heterocycles. The van der Waals surface area contributed by atoms with Gasteiger partial charge in [0.05, 0.1) is 0 Å². The molecule has 0 bridgehead atoms. The Morgan fingerprint density at radius 1 is 0.947 bits per heavy atom. The van der Waals surface area contributed by atoms with Crippen molar-refractivity contribution in [3.05, 3.63) is 59.7 Å². The summed E-state index contributed by atoms with van der Waals surface area (Å²) in [7, 11) is 0. The fourth-order valence-corrected chi connectivity index (χ4v) is 1.48. The number of alkyl halides is 2. The zero-order chi connectivity index (χ0) is 13.7. The topological polar surface area (TPSA) is 35.2 Å². The van der Waals surface area contributed by atoms with Gasteiger partial charge in [0, 0.05) is 16.8 Å². The molecule has 0 aliphatic carbocycles. The molecule has 0 radical (unpaired) electrons. The summed E-state index contributed by atoms with van der Waals surface area (Å²) in [6.45, 7) is -2.82. The molecule has 0 aliphatic rings. The summed E-state index contributed by atoms with van der Waals surface area (Å²) in [4.78, 5) is 0. The van der Waals surface area contributed by atoms with E-state index in [1.54, 1.807) is 24.3 Å². The van der Waals surface area contributed by atoms with E-state index >= 15 is 0 Å². The zero-order valence-corrected chi connectivity index (χ0v) is 9.94. The van der Waals surface area contributed by atoms with Crippen LogP contribution in [0.1, 0.15) is 11.1 Å². The minimum absolute atomic E-state index is 0.115. The molecular weight excluding hydrogens is 248 g/mol. The van der Waals surface area contributed by atoms with Gasteiger partial charge in [-0.25, -0.2) is 0 Å². The van der Waals surface area contributed by atoms with Gasteiger partial charge in [-0.2, -0.15) is 8.78 Å². The van der Waals surface area contributed by atoms with E-state index < -0.39 is 6.61 Å². The number of rotatable bonds is 2. The summed E-state index contributed by atoms with van der Waals surface area (Å²) in [5.41, 5.74) is 7.80. The van der Waals surface area contributed by atoms with Crippen LogP contribution in [-0.2, 0) is 0 Å². The molecule has 0 aromatic heterocycles. The molecule has 2 N–H and O–H groups in total. The Morgan fingerprint density at radius 3 is 2.26 bits per heavy atom. The monoisotopic (exact) mass is 259 g/mol. The quantitative estimate of drug-likeness (QED) is 0.663. The minimum Gasteiger partial charge on any atom is -0.435 e. The molecule has 2 nitrogen and oxygen atoms in total. The SMILES string of the molecule is Nc1cccc(C#Cc2ccc(OC(F)F)cc2)c1. The molecule has 0 fully saturated rings. The molecule has 0 amide bonds. The second-order valence-electron chi connectivity index (χ2n) is 3.78. The highest BCUT2D eigenvalue weighted by Crippen LogP contribution is 2.14. The van der Waals surface area contributed by atoms with Gasteiger partial charge in [0.15, 0.2) is 0 Å². The first kappa shape index (κ1) is 12.9. The average molecular weight is 259 g/mol. The van der Waals surface area contributed by atoms with Crippen molar-refractivity contribution in [2.24, 2.45) is 0 Å². The first-order chi connectivity index (χ1) is 9.13. The first-order valence-electron chi connectivity index (χ1n) is 5.56. The number of ether oxygens (including phenoxy) is 1. The molecule has 2 aromatic rings.